The zero-order valence-corrected chi connectivity index (χ0v) is 16.8. The summed E-state index contributed by atoms with van der Waals surface area (Å²) in [7, 11) is 0. The lowest BCUT2D eigenvalue weighted by Crippen LogP contribution is -2.45. The Labute approximate surface area is 173 Å². The molecule has 1 atom stereocenters. The maximum Gasteiger partial charge on any atom is 0.416 e. The highest BCUT2D eigenvalue weighted by Gasteiger charge is 2.30. The number of nitrogens with zero attached hydrogens (tertiary/aromatic N) is 1. The number of alkyl halides is 3. The van der Waals surface area contributed by atoms with Crippen LogP contribution < -0.4 is 10.6 Å². The number of nitrogens with one attached hydrogen (secondary N) is 2. The SMILES string of the molecule is Cc1nc(-c2ccc(C(F)(F)F)cc2)sc1C(=O)OC(C)C(=O)NC(=O)NC1CC1. The number of halogens is 3. The summed E-state index contributed by atoms with van der Waals surface area (Å²) < 4.78 is 43.2. The molecule has 3 rings (SSSR count). The maximum atomic E-state index is 12.7. The third-order valence-electron chi connectivity index (χ3n) is 4.24. The van der Waals surface area contributed by atoms with Crippen LogP contribution in [0.15, 0.2) is 24.3 Å². The maximum absolute atomic E-state index is 12.7. The van der Waals surface area contributed by atoms with Crippen LogP contribution in [0.2, 0.25) is 0 Å². The van der Waals surface area contributed by atoms with Gasteiger partial charge in [0.05, 0.1) is 11.3 Å². The van der Waals surface area contributed by atoms with Crippen LogP contribution in [0, 0.1) is 6.92 Å². The number of urea groups is 1. The zero-order valence-electron chi connectivity index (χ0n) is 16.0. The number of hydrogen-bond donors (Lipinski definition) is 2. The summed E-state index contributed by atoms with van der Waals surface area (Å²) in [5.74, 6) is -1.58. The number of ether oxygens (including phenoxy) is 1. The fraction of sp³-hybridized carbons (Fsp3) is 0.368. The van der Waals surface area contributed by atoms with Crippen molar-refractivity contribution < 1.29 is 32.3 Å². The van der Waals surface area contributed by atoms with E-state index >= 15 is 0 Å². The number of esters is 1. The van der Waals surface area contributed by atoms with Gasteiger partial charge in [-0.05, 0) is 38.8 Å². The standard InChI is InChI=1S/C19H18F3N3O4S/c1-9-14(17(27)29-10(2)15(26)25-18(28)24-13-7-8-13)30-16(23-9)11-3-5-12(6-4-11)19(20,21)22/h3-6,10,13H,7-8H2,1-2H3,(H2,24,25,26,28). The second-order valence-corrected chi connectivity index (χ2v) is 7.79. The number of thiazole rings is 1. The smallest absolute Gasteiger partial charge is 0.416 e. The highest BCUT2D eigenvalue weighted by molar-refractivity contribution is 7.17. The van der Waals surface area contributed by atoms with E-state index < -0.39 is 35.8 Å². The molecule has 0 saturated heterocycles. The van der Waals surface area contributed by atoms with Gasteiger partial charge in [-0.25, -0.2) is 14.6 Å². The number of amides is 3. The number of carbonyl (C=O) groups excluding carboxylic acids is 3. The largest absolute Gasteiger partial charge is 0.448 e. The number of imide groups is 1. The van der Waals surface area contributed by atoms with Gasteiger partial charge in [-0.15, -0.1) is 11.3 Å². The van der Waals surface area contributed by atoms with Crippen molar-refractivity contribution in [2.24, 2.45) is 0 Å². The Morgan fingerprint density at radius 2 is 1.83 bits per heavy atom. The molecule has 1 fully saturated rings. The predicted octanol–water partition coefficient (Wildman–Crippen LogP) is 3.67. The topological polar surface area (TPSA) is 97.4 Å². The van der Waals surface area contributed by atoms with Gasteiger partial charge in [0.2, 0.25) is 0 Å². The molecule has 0 bridgehead atoms. The first kappa shape index (κ1) is 21.8. The van der Waals surface area contributed by atoms with Gasteiger partial charge in [-0.2, -0.15) is 13.2 Å². The van der Waals surface area contributed by atoms with Crippen molar-refractivity contribution >= 4 is 29.2 Å². The van der Waals surface area contributed by atoms with Crippen LogP contribution in [0.3, 0.4) is 0 Å². The molecule has 30 heavy (non-hydrogen) atoms. The minimum atomic E-state index is -4.45. The molecule has 2 N–H and O–H groups in total. The Hall–Kier alpha value is -2.95. The first-order chi connectivity index (χ1) is 14.0. The third-order valence-corrected chi connectivity index (χ3v) is 5.43. The molecule has 1 aliphatic carbocycles. The van der Waals surface area contributed by atoms with Gasteiger partial charge in [0.1, 0.15) is 9.88 Å². The van der Waals surface area contributed by atoms with E-state index in [0.29, 0.717) is 16.3 Å². The van der Waals surface area contributed by atoms with Crippen LogP contribution in [0.1, 0.15) is 40.7 Å². The van der Waals surface area contributed by atoms with Crippen molar-refractivity contribution in [3.63, 3.8) is 0 Å². The molecule has 1 saturated carbocycles. The summed E-state index contributed by atoms with van der Waals surface area (Å²) in [6.45, 7) is 2.87. The lowest BCUT2D eigenvalue weighted by atomic mass is 10.1. The molecule has 0 radical (unpaired) electrons. The summed E-state index contributed by atoms with van der Waals surface area (Å²) >= 11 is 0.940. The van der Waals surface area contributed by atoms with E-state index in [2.05, 4.69) is 15.6 Å². The predicted molar refractivity (Wildman–Crippen MR) is 102 cm³/mol. The lowest BCUT2D eigenvalue weighted by Gasteiger charge is -2.12. The highest BCUT2D eigenvalue weighted by atomic mass is 32.1. The molecule has 0 aliphatic heterocycles. The number of hydrogen-bond acceptors (Lipinski definition) is 6. The monoisotopic (exact) mass is 441 g/mol. The van der Waals surface area contributed by atoms with Crippen LogP contribution in [-0.4, -0.2) is 35.0 Å². The normalized spacial score (nSPS) is 14.7. The second kappa shape index (κ2) is 8.42. The van der Waals surface area contributed by atoms with Gasteiger partial charge in [-0.3, -0.25) is 10.1 Å². The Bertz CT molecular complexity index is 968. The minimum absolute atomic E-state index is 0.0686. The van der Waals surface area contributed by atoms with Crippen LogP contribution >= 0.6 is 11.3 Å². The van der Waals surface area contributed by atoms with Gasteiger partial charge in [-0.1, -0.05) is 12.1 Å². The first-order valence-corrected chi connectivity index (χ1v) is 9.83. The molecule has 7 nitrogen and oxygen atoms in total. The number of carbonyl (C=O) groups is 3. The number of benzene rings is 1. The summed E-state index contributed by atoms with van der Waals surface area (Å²) in [6, 6.07) is 3.82. The molecule has 1 aromatic heterocycles. The molecular weight excluding hydrogens is 423 g/mol. The number of aromatic nitrogens is 1. The summed E-state index contributed by atoms with van der Waals surface area (Å²) in [5.41, 5.74) is -0.0543. The molecule has 1 aromatic carbocycles. The van der Waals surface area contributed by atoms with Crippen LogP contribution in [0.5, 0.6) is 0 Å². The Morgan fingerprint density at radius 3 is 2.40 bits per heavy atom. The fourth-order valence-corrected chi connectivity index (χ4v) is 3.40. The summed E-state index contributed by atoms with van der Waals surface area (Å²) in [6.07, 6.45) is -3.95. The third kappa shape index (κ3) is 5.35. The van der Waals surface area contributed by atoms with Crippen molar-refractivity contribution in [1.82, 2.24) is 15.6 Å². The first-order valence-electron chi connectivity index (χ1n) is 9.02. The van der Waals surface area contributed by atoms with E-state index in [-0.39, 0.29) is 10.9 Å². The molecule has 0 spiro atoms. The van der Waals surface area contributed by atoms with E-state index in [9.17, 15) is 27.6 Å². The van der Waals surface area contributed by atoms with Gasteiger partial charge >= 0.3 is 18.2 Å². The van der Waals surface area contributed by atoms with Gasteiger partial charge in [0.15, 0.2) is 6.10 Å². The number of rotatable bonds is 5. The molecule has 3 amide bonds. The summed E-state index contributed by atoms with van der Waals surface area (Å²) in [4.78, 5) is 40.3. The van der Waals surface area contributed by atoms with Crippen molar-refractivity contribution in [2.45, 2.75) is 45.0 Å². The second-order valence-electron chi connectivity index (χ2n) is 6.79. The van der Waals surface area contributed by atoms with Gasteiger partial charge < -0.3 is 10.1 Å². The van der Waals surface area contributed by atoms with Crippen molar-refractivity contribution in [2.75, 3.05) is 0 Å². The molecule has 11 heteroatoms. The highest BCUT2D eigenvalue weighted by Crippen LogP contribution is 2.33. The average molecular weight is 441 g/mol. The Kier molecular flexibility index (Phi) is 6.11. The molecule has 1 aliphatic rings. The summed E-state index contributed by atoms with van der Waals surface area (Å²) in [5, 5.41) is 5.02. The quantitative estimate of drug-likeness (QED) is 0.690. The zero-order chi connectivity index (χ0) is 22.1. The van der Waals surface area contributed by atoms with E-state index in [1.165, 1.54) is 19.1 Å². The van der Waals surface area contributed by atoms with E-state index in [4.69, 9.17) is 4.74 Å². The molecule has 160 valence electrons. The average Bonchev–Trinajstić information content (AvgIpc) is 3.39. The van der Waals surface area contributed by atoms with Crippen LogP contribution in [0.4, 0.5) is 18.0 Å². The van der Waals surface area contributed by atoms with Gasteiger partial charge in [0, 0.05) is 11.6 Å². The van der Waals surface area contributed by atoms with Crippen LogP contribution in [-0.2, 0) is 15.7 Å². The lowest BCUT2D eigenvalue weighted by molar-refractivity contribution is -0.137. The van der Waals surface area contributed by atoms with Crippen molar-refractivity contribution in [3.8, 4) is 10.6 Å². The molecule has 1 heterocycles. The fourth-order valence-electron chi connectivity index (χ4n) is 2.44. The molecule has 1 unspecified atom stereocenters. The van der Waals surface area contributed by atoms with E-state index in [1.807, 2.05) is 0 Å². The minimum Gasteiger partial charge on any atom is -0.448 e. The van der Waals surface area contributed by atoms with Crippen molar-refractivity contribution in [3.05, 3.63) is 40.4 Å². The molecule has 2 aromatic rings. The van der Waals surface area contributed by atoms with E-state index in [1.54, 1.807) is 6.92 Å². The Balaban J connectivity index is 1.64. The Morgan fingerprint density at radius 1 is 1.20 bits per heavy atom. The van der Waals surface area contributed by atoms with Crippen molar-refractivity contribution in [1.29, 1.82) is 0 Å². The van der Waals surface area contributed by atoms with E-state index in [0.717, 1.165) is 36.3 Å². The van der Waals surface area contributed by atoms with Crippen LogP contribution in [0.25, 0.3) is 10.6 Å². The number of aryl methyl sites for hydroxylation is 1. The molecular formula is C19H18F3N3O4S. The van der Waals surface area contributed by atoms with Gasteiger partial charge in [0.25, 0.3) is 5.91 Å².